The molecule has 0 aromatic rings. The molecule has 1 heterocycles. The third-order valence-electron chi connectivity index (χ3n) is 2.44. The lowest BCUT2D eigenvalue weighted by molar-refractivity contribution is 0.0832. The van der Waals surface area contributed by atoms with E-state index in [0.29, 0.717) is 6.10 Å². The predicted molar refractivity (Wildman–Crippen MR) is 47.0 cm³/mol. The van der Waals surface area contributed by atoms with Gasteiger partial charge in [-0.2, -0.15) is 0 Å². The van der Waals surface area contributed by atoms with Crippen LogP contribution in [0.3, 0.4) is 0 Å². The molecule has 2 heteroatoms. The number of epoxide rings is 1. The highest BCUT2D eigenvalue weighted by atomic mass is 16.6. The zero-order valence-corrected chi connectivity index (χ0v) is 7.37. The largest absolute Gasteiger partial charge is 0.378 e. The molecule has 1 aliphatic carbocycles. The molecule has 0 aromatic carbocycles. The van der Waals surface area contributed by atoms with Crippen LogP contribution < -0.4 is 0 Å². The molecule has 0 saturated carbocycles. The summed E-state index contributed by atoms with van der Waals surface area (Å²) in [6.45, 7) is 2.63. The van der Waals surface area contributed by atoms with Gasteiger partial charge in [-0.3, -0.25) is 0 Å². The quantitative estimate of drug-likeness (QED) is 0.471. The van der Waals surface area contributed by atoms with Gasteiger partial charge in [0.15, 0.2) is 0 Å². The zero-order chi connectivity index (χ0) is 8.23. The Bertz CT molecular complexity index is 161. The van der Waals surface area contributed by atoms with E-state index in [1.165, 1.54) is 19.3 Å². The van der Waals surface area contributed by atoms with Gasteiger partial charge in [0.25, 0.3) is 0 Å². The molecule has 0 N–H and O–H groups in total. The van der Waals surface area contributed by atoms with E-state index in [1.54, 1.807) is 0 Å². The first-order chi connectivity index (χ1) is 5.95. The fourth-order valence-corrected chi connectivity index (χ4v) is 1.54. The Morgan fingerprint density at radius 2 is 2.25 bits per heavy atom. The van der Waals surface area contributed by atoms with Gasteiger partial charge < -0.3 is 9.47 Å². The molecular formula is C10H16O2. The van der Waals surface area contributed by atoms with E-state index in [1.807, 2.05) is 0 Å². The van der Waals surface area contributed by atoms with Gasteiger partial charge in [0.2, 0.25) is 0 Å². The summed E-state index contributed by atoms with van der Waals surface area (Å²) in [5.41, 5.74) is 0. The Kier molecular flexibility index (Phi) is 2.79. The summed E-state index contributed by atoms with van der Waals surface area (Å²) in [5, 5.41) is 0. The first kappa shape index (κ1) is 8.27. The molecule has 0 radical (unpaired) electrons. The van der Waals surface area contributed by atoms with Crippen LogP contribution in [0.1, 0.15) is 19.3 Å². The summed E-state index contributed by atoms with van der Waals surface area (Å²) in [4.78, 5) is 0. The second kappa shape index (κ2) is 4.06. The molecule has 0 unspecified atom stereocenters. The highest BCUT2D eigenvalue weighted by Gasteiger charge is 2.22. The van der Waals surface area contributed by atoms with Crippen molar-refractivity contribution >= 4 is 0 Å². The monoisotopic (exact) mass is 168 g/mol. The molecule has 1 fully saturated rings. The van der Waals surface area contributed by atoms with Gasteiger partial charge in [-0.15, -0.1) is 0 Å². The molecule has 1 aliphatic heterocycles. The van der Waals surface area contributed by atoms with Crippen LogP contribution in [0.15, 0.2) is 12.2 Å². The van der Waals surface area contributed by atoms with Crippen LogP contribution in [-0.2, 0) is 9.47 Å². The van der Waals surface area contributed by atoms with E-state index in [4.69, 9.17) is 9.47 Å². The van der Waals surface area contributed by atoms with Gasteiger partial charge in [0, 0.05) is 6.61 Å². The van der Waals surface area contributed by atoms with E-state index in [0.717, 1.165) is 25.7 Å². The lowest BCUT2D eigenvalue weighted by Crippen LogP contribution is -2.13. The predicted octanol–water partition coefficient (Wildman–Crippen LogP) is 1.76. The van der Waals surface area contributed by atoms with E-state index in [-0.39, 0.29) is 0 Å². The summed E-state index contributed by atoms with van der Waals surface area (Å²) in [7, 11) is 0. The molecule has 0 amide bonds. The van der Waals surface area contributed by atoms with Gasteiger partial charge in [0.05, 0.1) is 13.2 Å². The third kappa shape index (κ3) is 2.61. The number of hydrogen-bond acceptors (Lipinski definition) is 2. The number of rotatable bonds is 4. The normalized spacial score (nSPS) is 33.7. The summed E-state index contributed by atoms with van der Waals surface area (Å²) < 4.78 is 10.6. The van der Waals surface area contributed by atoms with Crippen molar-refractivity contribution in [2.45, 2.75) is 25.4 Å². The van der Waals surface area contributed by atoms with Crippen molar-refractivity contribution < 1.29 is 9.47 Å². The van der Waals surface area contributed by atoms with Crippen molar-refractivity contribution in [2.24, 2.45) is 5.92 Å². The lowest BCUT2D eigenvalue weighted by atomic mass is 9.95. The maximum Gasteiger partial charge on any atom is 0.104 e. The Labute approximate surface area is 73.5 Å². The van der Waals surface area contributed by atoms with Crippen LogP contribution in [0.4, 0.5) is 0 Å². The summed E-state index contributed by atoms with van der Waals surface area (Å²) >= 11 is 0. The molecule has 12 heavy (non-hydrogen) atoms. The molecule has 2 nitrogen and oxygen atoms in total. The van der Waals surface area contributed by atoms with Gasteiger partial charge in [-0.25, -0.2) is 0 Å². The SMILES string of the molecule is C1=CC[C@@H](COC[C@@H]2CO2)CC1. The minimum absolute atomic E-state index is 0.420. The Morgan fingerprint density at radius 1 is 1.33 bits per heavy atom. The van der Waals surface area contributed by atoms with E-state index < -0.39 is 0 Å². The van der Waals surface area contributed by atoms with Crippen LogP contribution in [0.5, 0.6) is 0 Å². The molecule has 2 atom stereocenters. The molecule has 0 spiro atoms. The van der Waals surface area contributed by atoms with Gasteiger partial charge in [-0.1, -0.05) is 12.2 Å². The molecule has 0 aromatic heterocycles. The highest BCUT2D eigenvalue weighted by molar-refractivity contribution is 4.89. The van der Waals surface area contributed by atoms with Crippen molar-refractivity contribution in [1.82, 2.24) is 0 Å². The van der Waals surface area contributed by atoms with E-state index in [9.17, 15) is 0 Å². The van der Waals surface area contributed by atoms with Crippen LogP contribution in [0, 0.1) is 5.92 Å². The Hall–Kier alpha value is -0.340. The minimum atomic E-state index is 0.420. The van der Waals surface area contributed by atoms with Crippen LogP contribution in [0.25, 0.3) is 0 Å². The van der Waals surface area contributed by atoms with Crippen LogP contribution >= 0.6 is 0 Å². The van der Waals surface area contributed by atoms with Crippen molar-refractivity contribution in [1.29, 1.82) is 0 Å². The number of hydrogen-bond donors (Lipinski definition) is 0. The standard InChI is InChI=1S/C10H16O2/c1-2-4-9(5-3-1)6-11-7-10-8-12-10/h1-2,9-10H,3-8H2/t9-,10-/m1/s1. The topological polar surface area (TPSA) is 21.8 Å². The summed E-state index contributed by atoms with van der Waals surface area (Å²) in [5.74, 6) is 0.758. The smallest absolute Gasteiger partial charge is 0.104 e. The van der Waals surface area contributed by atoms with Gasteiger partial charge in [-0.05, 0) is 25.2 Å². The minimum Gasteiger partial charge on any atom is -0.378 e. The Morgan fingerprint density at radius 3 is 2.92 bits per heavy atom. The maximum atomic E-state index is 5.54. The van der Waals surface area contributed by atoms with Crippen molar-refractivity contribution in [2.75, 3.05) is 19.8 Å². The Balaban J connectivity index is 1.55. The lowest BCUT2D eigenvalue weighted by Gasteiger charge is -2.16. The summed E-state index contributed by atoms with van der Waals surface area (Å²) in [6, 6.07) is 0. The first-order valence-corrected chi connectivity index (χ1v) is 4.79. The van der Waals surface area contributed by atoms with Crippen molar-refractivity contribution in [3.05, 3.63) is 12.2 Å². The average molecular weight is 168 g/mol. The molecule has 2 aliphatic rings. The molecule has 68 valence electrons. The molecular weight excluding hydrogens is 152 g/mol. The number of ether oxygens (including phenoxy) is 2. The van der Waals surface area contributed by atoms with Crippen LogP contribution in [-0.4, -0.2) is 25.9 Å². The second-order valence-corrected chi connectivity index (χ2v) is 3.64. The van der Waals surface area contributed by atoms with Crippen LogP contribution in [0.2, 0.25) is 0 Å². The zero-order valence-electron chi connectivity index (χ0n) is 7.37. The number of allylic oxidation sites excluding steroid dienone is 2. The van der Waals surface area contributed by atoms with Crippen molar-refractivity contribution in [3.8, 4) is 0 Å². The van der Waals surface area contributed by atoms with E-state index in [2.05, 4.69) is 12.2 Å². The van der Waals surface area contributed by atoms with Gasteiger partial charge in [0.1, 0.15) is 6.10 Å². The molecule has 2 rings (SSSR count). The molecule has 1 saturated heterocycles. The fraction of sp³-hybridized carbons (Fsp3) is 0.800. The second-order valence-electron chi connectivity index (χ2n) is 3.64. The maximum absolute atomic E-state index is 5.54. The first-order valence-electron chi connectivity index (χ1n) is 4.79. The van der Waals surface area contributed by atoms with Crippen molar-refractivity contribution in [3.63, 3.8) is 0 Å². The highest BCUT2D eigenvalue weighted by Crippen LogP contribution is 2.19. The third-order valence-corrected chi connectivity index (χ3v) is 2.44. The summed E-state index contributed by atoms with van der Waals surface area (Å²) in [6.07, 6.45) is 8.68. The fourth-order valence-electron chi connectivity index (χ4n) is 1.54. The average Bonchev–Trinajstić information content (AvgIpc) is 2.90. The molecule has 0 bridgehead atoms. The van der Waals surface area contributed by atoms with Gasteiger partial charge >= 0.3 is 0 Å². The van der Waals surface area contributed by atoms with E-state index >= 15 is 0 Å².